The van der Waals surface area contributed by atoms with Crippen molar-refractivity contribution in [1.29, 1.82) is 0 Å². The van der Waals surface area contributed by atoms with Crippen LogP contribution in [0.1, 0.15) is 18.4 Å². The number of hydrogen-bond acceptors (Lipinski definition) is 4. The van der Waals surface area contributed by atoms with Gasteiger partial charge in [-0.05, 0) is 24.1 Å². The smallest absolute Gasteiger partial charge is 0.249 e. The predicted octanol–water partition coefficient (Wildman–Crippen LogP) is 1.11. The number of halogens is 1. The first kappa shape index (κ1) is 11.8. The van der Waals surface area contributed by atoms with Crippen LogP contribution in [-0.4, -0.2) is 29.1 Å². The number of piperidine rings is 1. The zero-order valence-electron chi connectivity index (χ0n) is 10.1. The summed E-state index contributed by atoms with van der Waals surface area (Å²) in [6.07, 6.45) is 2.35. The van der Waals surface area contributed by atoms with Crippen molar-refractivity contribution in [2.24, 2.45) is 4.99 Å². The number of hydrogen-bond donors (Lipinski definition) is 1. The molecule has 1 unspecified atom stereocenters. The van der Waals surface area contributed by atoms with E-state index in [9.17, 15) is 14.0 Å². The average molecular weight is 261 g/mol. The van der Waals surface area contributed by atoms with E-state index >= 15 is 0 Å². The van der Waals surface area contributed by atoms with Gasteiger partial charge in [-0.15, -0.1) is 0 Å². The van der Waals surface area contributed by atoms with Crippen LogP contribution in [0.15, 0.2) is 23.2 Å². The van der Waals surface area contributed by atoms with Crippen LogP contribution in [0.2, 0.25) is 0 Å². The van der Waals surface area contributed by atoms with Crippen LogP contribution >= 0.6 is 0 Å². The number of imide groups is 1. The monoisotopic (exact) mass is 261 g/mol. The first-order valence-corrected chi connectivity index (χ1v) is 6.05. The molecule has 5 nitrogen and oxygen atoms in total. The summed E-state index contributed by atoms with van der Waals surface area (Å²) in [5, 5.41) is 2.32. The summed E-state index contributed by atoms with van der Waals surface area (Å²) in [4.78, 5) is 28.8. The first-order chi connectivity index (χ1) is 9.13. The molecule has 19 heavy (non-hydrogen) atoms. The Morgan fingerprint density at radius 2 is 2.21 bits per heavy atom. The Morgan fingerprint density at radius 1 is 1.37 bits per heavy atom. The largest absolute Gasteiger partial charge is 0.346 e. The van der Waals surface area contributed by atoms with Crippen molar-refractivity contribution in [2.75, 3.05) is 0 Å². The molecule has 6 heteroatoms. The molecular weight excluding hydrogens is 249 g/mol. The quantitative estimate of drug-likeness (QED) is 0.770. The molecule has 1 aromatic carbocycles. The van der Waals surface area contributed by atoms with E-state index in [1.54, 1.807) is 17.3 Å². The highest BCUT2D eigenvalue weighted by Crippen LogP contribution is 2.27. The van der Waals surface area contributed by atoms with Crippen molar-refractivity contribution < 1.29 is 14.0 Å². The van der Waals surface area contributed by atoms with E-state index in [0.29, 0.717) is 25.1 Å². The predicted molar refractivity (Wildman–Crippen MR) is 66.3 cm³/mol. The van der Waals surface area contributed by atoms with E-state index in [0.717, 1.165) is 5.56 Å². The van der Waals surface area contributed by atoms with Crippen LogP contribution in [-0.2, 0) is 16.1 Å². The molecule has 0 aliphatic carbocycles. The van der Waals surface area contributed by atoms with Crippen LogP contribution in [0.25, 0.3) is 0 Å². The third-order valence-electron chi connectivity index (χ3n) is 3.36. The molecule has 0 radical (unpaired) electrons. The lowest BCUT2D eigenvalue weighted by Crippen LogP contribution is -2.52. The van der Waals surface area contributed by atoms with Gasteiger partial charge in [0.05, 0.1) is 12.0 Å². The molecule has 0 aromatic heterocycles. The molecule has 1 saturated heterocycles. The first-order valence-electron chi connectivity index (χ1n) is 6.05. The highest BCUT2D eigenvalue weighted by atomic mass is 19.1. The van der Waals surface area contributed by atoms with E-state index in [-0.39, 0.29) is 23.7 Å². The molecule has 98 valence electrons. The molecule has 2 aliphatic heterocycles. The van der Waals surface area contributed by atoms with Crippen molar-refractivity contribution in [3.05, 3.63) is 29.6 Å². The summed E-state index contributed by atoms with van der Waals surface area (Å²) in [7, 11) is 0. The fourth-order valence-corrected chi connectivity index (χ4v) is 2.35. The van der Waals surface area contributed by atoms with Crippen molar-refractivity contribution in [3.63, 3.8) is 0 Å². The molecule has 1 fully saturated rings. The van der Waals surface area contributed by atoms with Crippen molar-refractivity contribution in [2.45, 2.75) is 25.4 Å². The minimum Gasteiger partial charge on any atom is -0.346 e. The second-order valence-corrected chi connectivity index (χ2v) is 4.66. The molecule has 1 atom stereocenters. The second-order valence-electron chi connectivity index (χ2n) is 4.66. The van der Waals surface area contributed by atoms with Gasteiger partial charge in [0.15, 0.2) is 0 Å². The fraction of sp³-hybridized carbons (Fsp3) is 0.308. The van der Waals surface area contributed by atoms with E-state index in [1.807, 2.05) is 0 Å². The Kier molecular flexibility index (Phi) is 2.77. The highest BCUT2D eigenvalue weighted by Gasteiger charge is 2.31. The Morgan fingerprint density at radius 3 is 3.00 bits per heavy atom. The van der Waals surface area contributed by atoms with Gasteiger partial charge < -0.3 is 4.90 Å². The van der Waals surface area contributed by atoms with Crippen LogP contribution in [0.5, 0.6) is 0 Å². The molecule has 0 spiro atoms. The molecule has 1 N–H and O–H groups in total. The van der Waals surface area contributed by atoms with Crippen molar-refractivity contribution >= 4 is 23.8 Å². The van der Waals surface area contributed by atoms with Gasteiger partial charge in [-0.2, -0.15) is 0 Å². The molecule has 2 amide bonds. The number of amides is 2. The summed E-state index contributed by atoms with van der Waals surface area (Å²) in [5.41, 5.74) is 1.46. The van der Waals surface area contributed by atoms with Gasteiger partial charge in [0.2, 0.25) is 11.8 Å². The number of benzene rings is 1. The van der Waals surface area contributed by atoms with E-state index in [4.69, 9.17) is 0 Å². The van der Waals surface area contributed by atoms with Gasteiger partial charge in [-0.25, -0.2) is 9.38 Å². The molecular formula is C13H12FN3O2. The van der Waals surface area contributed by atoms with Gasteiger partial charge in [-0.3, -0.25) is 14.9 Å². The summed E-state index contributed by atoms with van der Waals surface area (Å²) in [6.45, 7) is 0.491. The standard InChI is InChI=1S/C13H12FN3O2/c14-9-2-1-8-6-17(7-15-10(8)5-9)11-3-4-12(18)16-13(11)19/h1-2,5,7,11H,3-4,6H2,(H,16,18,19). The summed E-state index contributed by atoms with van der Waals surface area (Å²) in [5.74, 6) is -0.865. The Balaban J connectivity index is 1.81. The van der Waals surface area contributed by atoms with Crippen LogP contribution in [0, 0.1) is 5.82 Å². The molecule has 1 aromatic rings. The summed E-state index contributed by atoms with van der Waals surface area (Å²) in [6, 6.07) is 4.02. The Hall–Kier alpha value is -2.24. The maximum Gasteiger partial charge on any atom is 0.249 e. The van der Waals surface area contributed by atoms with E-state index < -0.39 is 0 Å². The second kappa shape index (κ2) is 4.46. The zero-order valence-corrected chi connectivity index (χ0v) is 10.1. The number of rotatable bonds is 1. The SMILES string of the molecule is O=C1CCC(N2C=Nc3cc(F)ccc3C2)C(=O)N1. The number of nitrogens with one attached hydrogen (secondary N) is 1. The third kappa shape index (κ3) is 2.21. The molecule has 0 saturated carbocycles. The summed E-state index contributed by atoms with van der Waals surface area (Å²) < 4.78 is 13.1. The average Bonchev–Trinajstić information content (AvgIpc) is 2.38. The number of fused-ring (bicyclic) bond motifs is 1. The zero-order chi connectivity index (χ0) is 13.4. The van der Waals surface area contributed by atoms with Gasteiger partial charge >= 0.3 is 0 Å². The van der Waals surface area contributed by atoms with Crippen molar-refractivity contribution in [1.82, 2.24) is 10.2 Å². The number of aliphatic imine (C=N–C) groups is 1. The van der Waals surface area contributed by atoms with Gasteiger partial charge in [0.25, 0.3) is 0 Å². The lowest BCUT2D eigenvalue weighted by Gasteiger charge is -2.33. The minimum absolute atomic E-state index is 0.238. The van der Waals surface area contributed by atoms with Crippen molar-refractivity contribution in [3.8, 4) is 0 Å². The maximum absolute atomic E-state index is 13.1. The fourth-order valence-electron chi connectivity index (χ4n) is 2.35. The number of carbonyl (C=O) groups excluding carboxylic acids is 2. The molecule has 2 aliphatic rings. The lowest BCUT2D eigenvalue weighted by molar-refractivity contribution is -0.136. The Labute approximate surface area is 109 Å². The van der Waals surface area contributed by atoms with Gasteiger partial charge in [0, 0.05) is 13.0 Å². The van der Waals surface area contributed by atoms with Gasteiger partial charge in [0.1, 0.15) is 11.9 Å². The minimum atomic E-state index is -0.389. The topological polar surface area (TPSA) is 61.8 Å². The van der Waals surface area contributed by atoms with Crippen LogP contribution in [0.4, 0.5) is 10.1 Å². The maximum atomic E-state index is 13.1. The summed E-state index contributed by atoms with van der Waals surface area (Å²) >= 11 is 0. The van der Waals surface area contributed by atoms with E-state index in [2.05, 4.69) is 10.3 Å². The van der Waals surface area contributed by atoms with Crippen LogP contribution in [0.3, 0.4) is 0 Å². The number of nitrogens with zero attached hydrogens (tertiary/aromatic N) is 2. The lowest BCUT2D eigenvalue weighted by atomic mass is 10.0. The van der Waals surface area contributed by atoms with Gasteiger partial charge in [-0.1, -0.05) is 6.07 Å². The molecule has 2 heterocycles. The van der Waals surface area contributed by atoms with Crippen LogP contribution < -0.4 is 5.32 Å². The number of carbonyl (C=O) groups is 2. The highest BCUT2D eigenvalue weighted by molar-refractivity contribution is 6.01. The third-order valence-corrected chi connectivity index (χ3v) is 3.36. The normalized spacial score (nSPS) is 22.2. The molecule has 0 bridgehead atoms. The Bertz CT molecular complexity index is 585. The van der Waals surface area contributed by atoms with E-state index in [1.165, 1.54) is 12.1 Å². The molecule has 3 rings (SSSR count).